The lowest BCUT2D eigenvalue weighted by atomic mass is 9.78. The fraction of sp³-hybridized carbons (Fsp3) is 0.407. The molecule has 4 aliphatic rings. The van der Waals surface area contributed by atoms with Gasteiger partial charge in [0, 0.05) is 23.9 Å². The molecule has 0 saturated heterocycles. The molecular weight excluding hydrogens is 486 g/mol. The van der Waals surface area contributed by atoms with Crippen LogP contribution in [-0.2, 0) is 33.5 Å². The quantitative estimate of drug-likeness (QED) is 0.445. The summed E-state index contributed by atoms with van der Waals surface area (Å²) in [5.41, 5.74) is 4.17. The van der Waals surface area contributed by atoms with E-state index < -0.39 is 19.6 Å². The van der Waals surface area contributed by atoms with E-state index in [1.54, 1.807) is 19.6 Å². The van der Waals surface area contributed by atoms with E-state index in [2.05, 4.69) is 52.8 Å². The summed E-state index contributed by atoms with van der Waals surface area (Å²) in [7, 11) is -1.56. The van der Waals surface area contributed by atoms with Gasteiger partial charge >= 0.3 is 5.97 Å². The standard InChI is InChI=1S/C27H31N5O4Si/c1-4-27(35)21-11-22-24(25(33)20(21)13-36-26(27)34)32-12-19-17(6-5-7-18(19)10-23(32)30-22)8-9-37(2,3)16-31-15-28-14-29-31/h5-7,10,14-15,30,35H,4,8-9,11-13,16H2,1-3H3/t27-/m0/s1. The van der Waals surface area contributed by atoms with E-state index in [0.29, 0.717) is 29.8 Å². The van der Waals surface area contributed by atoms with E-state index in [9.17, 15) is 14.7 Å². The Labute approximate surface area is 216 Å². The number of esters is 1. The number of aryl methyl sites for hydroxylation is 1. The number of rotatable bonds is 6. The lowest BCUT2D eigenvalue weighted by Crippen LogP contribution is -2.48. The van der Waals surface area contributed by atoms with E-state index in [0.717, 1.165) is 35.7 Å². The summed E-state index contributed by atoms with van der Waals surface area (Å²) in [5.74, 6) is 0.0118. The predicted molar refractivity (Wildman–Crippen MR) is 139 cm³/mol. The van der Waals surface area contributed by atoms with Gasteiger partial charge in [-0.15, -0.1) is 0 Å². The van der Waals surface area contributed by atoms with Gasteiger partial charge in [-0.1, -0.05) is 44.3 Å². The molecule has 10 heteroatoms. The Morgan fingerprint density at radius 2 is 2.11 bits per heavy atom. The Bertz CT molecular complexity index is 1410. The number of carbonyl (C=O) groups excluding carboxylic acids is 2. The molecule has 6 rings (SSSR count). The maximum atomic E-state index is 13.7. The third kappa shape index (κ3) is 3.86. The summed E-state index contributed by atoms with van der Waals surface area (Å²) >= 11 is 0. The number of cyclic esters (lactones) is 1. The average Bonchev–Trinajstić information content (AvgIpc) is 3.51. The number of aromatic nitrogens is 3. The lowest BCUT2D eigenvalue weighted by molar-refractivity contribution is -0.163. The second kappa shape index (κ2) is 8.52. The Kier molecular flexibility index (Phi) is 5.50. The van der Waals surface area contributed by atoms with Gasteiger partial charge < -0.3 is 20.1 Å². The van der Waals surface area contributed by atoms with Crippen molar-refractivity contribution in [2.75, 3.05) is 6.61 Å². The molecule has 3 aliphatic heterocycles. The van der Waals surface area contributed by atoms with Gasteiger partial charge in [0.2, 0.25) is 5.78 Å². The molecule has 0 saturated carbocycles. The Hall–Kier alpha value is -3.50. The number of allylic oxidation sites excluding steroid dienone is 2. The van der Waals surface area contributed by atoms with Crippen molar-refractivity contribution >= 4 is 25.9 Å². The predicted octanol–water partition coefficient (Wildman–Crippen LogP) is 2.66. The fourth-order valence-corrected chi connectivity index (χ4v) is 8.05. The van der Waals surface area contributed by atoms with Crippen molar-refractivity contribution in [3.05, 3.63) is 75.9 Å². The largest absolute Gasteiger partial charge is 0.458 e. The van der Waals surface area contributed by atoms with E-state index in [1.807, 2.05) is 9.58 Å². The van der Waals surface area contributed by atoms with Gasteiger partial charge in [0.15, 0.2) is 5.60 Å². The molecule has 0 spiro atoms. The minimum atomic E-state index is -1.75. The average molecular weight is 518 g/mol. The number of aliphatic hydroxyl groups is 1. The zero-order valence-corrected chi connectivity index (χ0v) is 22.4. The molecule has 192 valence electrons. The van der Waals surface area contributed by atoms with E-state index >= 15 is 0 Å². The highest BCUT2D eigenvalue weighted by Gasteiger charge is 2.51. The molecule has 1 aliphatic carbocycles. The molecule has 1 atom stereocenters. The maximum Gasteiger partial charge on any atom is 0.342 e. The number of ketones is 1. The monoisotopic (exact) mass is 517 g/mol. The molecule has 1 aromatic heterocycles. The van der Waals surface area contributed by atoms with E-state index in [-0.39, 0.29) is 18.8 Å². The second-order valence-corrected chi connectivity index (χ2v) is 16.2. The summed E-state index contributed by atoms with van der Waals surface area (Å²) in [6, 6.07) is 7.53. The highest BCUT2D eigenvalue weighted by Crippen LogP contribution is 2.44. The van der Waals surface area contributed by atoms with E-state index in [4.69, 9.17) is 4.74 Å². The normalized spacial score (nSPS) is 22.7. The molecular formula is C27H31N5O4Si. The smallest absolute Gasteiger partial charge is 0.342 e. The molecule has 0 amide bonds. The van der Waals surface area contributed by atoms with Crippen LogP contribution in [0.4, 0.5) is 0 Å². The highest BCUT2D eigenvalue weighted by atomic mass is 28.3. The number of Topliss-reactive ketones (excluding diaryl/α,β-unsaturated/α-hetero) is 1. The van der Waals surface area contributed by atoms with Crippen molar-refractivity contribution in [1.82, 2.24) is 25.0 Å². The third-order valence-corrected chi connectivity index (χ3v) is 10.9. The molecule has 9 nitrogen and oxygen atoms in total. The minimum absolute atomic E-state index is 0.0910. The van der Waals surface area contributed by atoms with Crippen LogP contribution in [0.2, 0.25) is 19.1 Å². The number of hydrogen-bond donors (Lipinski definition) is 2. The van der Waals surface area contributed by atoms with Crippen molar-refractivity contribution in [3.8, 4) is 0 Å². The van der Waals surface area contributed by atoms with Gasteiger partial charge in [0.05, 0.1) is 14.6 Å². The first-order chi connectivity index (χ1) is 17.7. The van der Waals surface area contributed by atoms with Crippen molar-refractivity contribution in [2.24, 2.45) is 0 Å². The summed E-state index contributed by atoms with van der Waals surface area (Å²) < 4.78 is 7.17. The number of carbonyl (C=O) groups is 2. The Morgan fingerprint density at radius 3 is 2.86 bits per heavy atom. The number of hydrogen-bond acceptors (Lipinski definition) is 8. The zero-order chi connectivity index (χ0) is 25.9. The number of nitrogens with one attached hydrogen (secondary N) is 1. The van der Waals surface area contributed by atoms with Gasteiger partial charge in [0.1, 0.15) is 30.8 Å². The molecule has 0 radical (unpaired) electrons. The highest BCUT2D eigenvalue weighted by molar-refractivity contribution is 6.76. The fourth-order valence-electron chi connectivity index (χ4n) is 5.91. The number of nitrogens with zero attached hydrogens (tertiary/aromatic N) is 4. The van der Waals surface area contributed by atoms with Crippen LogP contribution in [0.5, 0.6) is 0 Å². The van der Waals surface area contributed by atoms with Crippen molar-refractivity contribution in [2.45, 2.75) is 63.6 Å². The first-order valence-corrected chi connectivity index (χ1v) is 16.2. The van der Waals surface area contributed by atoms with Gasteiger partial charge in [0.25, 0.3) is 0 Å². The third-order valence-electron chi connectivity index (χ3n) is 8.07. The molecule has 0 bridgehead atoms. The van der Waals surface area contributed by atoms with E-state index in [1.165, 1.54) is 11.1 Å². The molecule has 2 aromatic rings. The summed E-state index contributed by atoms with van der Waals surface area (Å²) in [5, 5.41) is 18.8. The first-order valence-electron chi connectivity index (χ1n) is 12.8. The summed E-state index contributed by atoms with van der Waals surface area (Å²) in [6.07, 6.45) is 7.86. The van der Waals surface area contributed by atoms with Crippen molar-refractivity contribution < 1.29 is 19.4 Å². The van der Waals surface area contributed by atoms with Crippen LogP contribution in [0.15, 0.2) is 59.2 Å². The minimum Gasteiger partial charge on any atom is -0.458 e. The molecule has 37 heavy (non-hydrogen) atoms. The van der Waals surface area contributed by atoms with Gasteiger partial charge in [-0.2, -0.15) is 5.10 Å². The lowest BCUT2D eigenvalue weighted by Gasteiger charge is -2.36. The summed E-state index contributed by atoms with van der Waals surface area (Å²) in [4.78, 5) is 32.2. The Balaban J connectivity index is 1.26. The molecule has 4 heterocycles. The SMILES string of the molecule is CC[C@@]1(O)C(=O)OCC2=C1CC1=C(C2=O)N2Cc3c(cccc3CC[Si](C)(C)Cn3cncn3)C=C2N1. The maximum absolute atomic E-state index is 13.7. The van der Waals surface area contributed by atoms with Crippen LogP contribution in [0.3, 0.4) is 0 Å². The van der Waals surface area contributed by atoms with Crippen LogP contribution in [0, 0.1) is 0 Å². The number of fused-ring (bicyclic) bond motifs is 3. The first kappa shape index (κ1) is 23.9. The molecule has 0 fully saturated rings. The van der Waals surface area contributed by atoms with Crippen molar-refractivity contribution in [3.63, 3.8) is 0 Å². The van der Waals surface area contributed by atoms with Crippen LogP contribution >= 0.6 is 0 Å². The van der Waals surface area contributed by atoms with Crippen LogP contribution in [0.25, 0.3) is 6.08 Å². The number of ether oxygens (including phenoxy) is 1. The van der Waals surface area contributed by atoms with Gasteiger partial charge in [-0.05, 0) is 41.2 Å². The molecule has 0 unspecified atom stereocenters. The van der Waals surface area contributed by atoms with Crippen molar-refractivity contribution in [1.29, 1.82) is 0 Å². The van der Waals surface area contributed by atoms with Crippen LogP contribution in [0.1, 0.15) is 36.5 Å². The Morgan fingerprint density at radius 1 is 1.27 bits per heavy atom. The molecule has 1 aromatic carbocycles. The number of benzene rings is 1. The summed E-state index contributed by atoms with van der Waals surface area (Å²) in [6.45, 7) is 6.99. The van der Waals surface area contributed by atoms with Gasteiger partial charge in [-0.3, -0.25) is 9.48 Å². The topological polar surface area (TPSA) is 110 Å². The zero-order valence-electron chi connectivity index (χ0n) is 21.4. The van der Waals surface area contributed by atoms with Gasteiger partial charge in [-0.25, -0.2) is 9.78 Å². The molecule has 2 N–H and O–H groups in total. The van der Waals surface area contributed by atoms with Crippen LogP contribution < -0.4 is 5.32 Å². The second-order valence-electron chi connectivity index (χ2n) is 11.1. The van der Waals surface area contributed by atoms with Crippen LogP contribution in [-0.4, -0.2) is 56.8 Å².